The molecule has 0 radical (unpaired) electrons. The number of anilines is 1. The Morgan fingerprint density at radius 1 is 1.31 bits per heavy atom. The Morgan fingerprint density at radius 2 is 2.12 bits per heavy atom. The number of carbonyl (C=O) groups is 1. The normalized spacial score (nSPS) is 15.6. The molecule has 1 amide bonds. The first-order valence-corrected chi connectivity index (χ1v) is 10.8. The Morgan fingerprint density at radius 3 is 2.91 bits per heavy atom. The average molecular weight is 464 g/mol. The Bertz CT molecular complexity index is 1050. The third kappa shape index (κ3) is 5.67. The second-order valence-electron chi connectivity index (χ2n) is 7.28. The summed E-state index contributed by atoms with van der Waals surface area (Å²) >= 11 is 1.12. The Hall–Kier alpha value is -2.89. The second-order valence-corrected chi connectivity index (χ2v) is 8.03. The van der Waals surface area contributed by atoms with Crippen LogP contribution in [0.25, 0.3) is 11.3 Å². The SMILES string of the molecule is CC(Cc1nsc(NC(=O)c2coc(-c3cccc(OC(F)F)c3)c2)n1)N1CCOCC1. The highest BCUT2D eigenvalue weighted by atomic mass is 32.1. The van der Waals surface area contributed by atoms with Gasteiger partial charge in [0.25, 0.3) is 5.91 Å². The number of alkyl halides is 2. The lowest BCUT2D eigenvalue weighted by molar-refractivity contribution is -0.0498. The molecule has 3 heterocycles. The van der Waals surface area contributed by atoms with E-state index in [9.17, 15) is 13.6 Å². The Balaban J connectivity index is 1.36. The third-order valence-corrected chi connectivity index (χ3v) is 5.71. The molecule has 0 spiro atoms. The van der Waals surface area contributed by atoms with Gasteiger partial charge in [0.15, 0.2) is 0 Å². The van der Waals surface area contributed by atoms with E-state index < -0.39 is 12.5 Å². The first-order valence-electron chi connectivity index (χ1n) is 10.1. The largest absolute Gasteiger partial charge is 0.464 e. The number of carbonyl (C=O) groups excluding carboxylic acids is 1. The van der Waals surface area contributed by atoms with E-state index in [1.165, 1.54) is 24.5 Å². The van der Waals surface area contributed by atoms with Crippen molar-refractivity contribution in [2.75, 3.05) is 31.6 Å². The van der Waals surface area contributed by atoms with Crippen LogP contribution in [0.3, 0.4) is 0 Å². The molecule has 1 atom stereocenters. The predicted octanol–water partition coefficient (Wildman–Crippen LogP) is 3.92. The maximum absolute atomic E-state index is 12.6. The highest BCUT2D eigenvalue weighted by molar-refractivity contribution is 7.09. The minimum atomic E-state index is -2.92. The fourth-order valence-electron chi connectivity index (χ4n) is 3.40. The Kier molecular flexibility index (Phi) is 7.08. The fourth-order valence-corrected chi connectivity index (χ4v) is 3.99. The van der Waals surface area contributed by atoms with Gasteiger partial charge in [-0.15, -0.1) is 0 Å². The van der Waals surface area contributed by atoms with Crippen molar-refractivity contribution in [2.45, 2.75) is 26.0 Å². The van der Waals surface area contributed by atoms with Crippen LogP contribution in [0, 0.1) is 0 Å². The summed E-state index contributed by atoms with van der Waals surface area (Å²) in [6, 6.07) is 7.87. The van der Waals surface area contributed by atoms with E-state index in [2.05, 4.69) is 31.2 Å². The van der Waals surface area contributed by atoms with Crippen LogP contribution in [-0.4, -0.2) is 59.1 Å². The van der Waals surface area contributed by atoms with Crippen molar-refractivity contribution < 1.29 is 27.5 Å². The molecule has 1 aliphatic rings. The van der Waals surface area contributed by atoms with E-state index >= 15 is 0 Å². The lowest BCUT2D eigenvalue weighted by Crippen LogP contribution is -2.43. The monoisotopic (exact) mass is 464 g/mol. The molecule has 2 aromatic heterocycles. The first kappa shape index (κ1) is 22.3. The van der Waals surface area contributed by atoms with E-state index in [1.807, 2.05) is 0 Å². The summed E-state index contributed by atoms with van der Waals surface area (Å²) in [4.78, 5) is 19.3. The van der Waals surface area contributed by atoms with Crippen LogP contribution in [0.2, 0.25) is 0 Å². The summed E-state index contributed by atoms with van der Waals surface area (Å²) in [5, 5.41) is 3.12. The summed E-state index contributed by atoms with van der Waals surface area (Å²) in [6.07, 6.45) is 1.98. The van der Waals surface area contributed by atoms with E-state index in [1.54, 1.807) is 12.1 Å². The van der Waals surface area contributed by atoms with E-state index in [4.69, 9.17) is 9.15 Å². The lowest BCUT2D eigenvalue weighted by Gasteiger charge is -2.31. The van der Waals surface area contributed by atoms with Crippen LogP contribution in [0.4, 0.5) is 13.9 Å². The molecule has 1 fully saturated rings. The number of ether oxygens (including phenoxy) is 2. The van der Waals surface area contributed by atoms with Gasteiger partial charge in [0.2, 0.25) is 5.13 Å². The van der Waals surface area contributed by atoms with Gasteiger partial charge in [-0.1, -0.05) is 12.1 Å². The zero-order valence-electron chi connectivity index (χ0n) is 17.3. The van der Waals surface area contributed by atoms with E-state index in [0.29, 0.717) is 28.7 Å². The highest BCUT2D eigenvalue weighted by Gasteiger charge is 2.20. The van der Waals surface area contributed by atoms with Crippen LogP contribution >= 0.6 is 11.5 Å². The summed E-state index contributed by atoms with van der Waals surface area (Å²) in [6.45, 7) is 2.43. The second kappa shape index (κ2) is 10.2. The fraction of sp³-hybridized carbons (Fsp3) is 0.381. The van der Waals surface area contributed by atoms with Gasteiger partial charge < -0.3 is 13.9 Å². The molecule has 0 aliphatic carbocycles. The molecule has 8 nitrogen and oxygen atoms in total. The van der Waals surface area contributed by atoms with Gasteiger partial charge in [0.05, 0.1) is 18.8 Å². The quantitative estimate of drug-likeness (QED) is 0.541. The number of amides is 1. The Labute approximate surface area is 187 Å². The molecule has 1 N–H and O–H groups in total. The molecule has 0 bridgehead atoms. The topological polar surface area (TPSA) is 89.7 Å². The molecule has 170 valence electrons. The van der Waals surface area contributed by atoms with Crippen molar-refractivity contribution >= 4 is 22.6 Å². The predicted molar refractivity (Wildman–Crippen MR) is 114 cm³/mol. The molecule has 32 heavy (non-hydrogen) atoms. The summed E-state index contributed by atoms with van der Waals surface area (Å²) in [7, 11) is 0. The van der Waals surface area contributed by atoms with Crippen molar-refractivity contribution in [1.82, 2.24) is 14.3 Å². The van der Waals surface area contributed by atoms with Gasteiger partial charge in [-0.3, -0.25) is 15.0 Å². The summed E-state index contributed by atoms with van der Waals surface area (Å²) in [5.41, 5.74) is 0.788. The van der Waals surface area contributed by atoms with Crippen molar-refractivity contribution in [3.63, 3.8) is 0 Å². The average Bonchev–Trinajstić information content (AvgIpc) is 3.44. The molecule has 0 saturated carbocycles. The molecule has 1 saturated heterocycles. The van der Waals surface area contributed by atoms with Gasteiger partial charge >= 0.3 is 6.61 Å². The number of nitrogens with one attached hydrogen (secondary N) is 1. The van der Waals surface area contributed by atoms with Gasteiger partial charge in [-0.25, -0.2) is 4.98 Å². The van der Waals surface area contributed by atoms with E-state index in [0.717, 1.165) is 37.8 Å². The van der Waals surface area contributed by atoms with Gasteiger partial charge in [-0.05, 0) is 25.1 Å². The smallest absolute Gasteiger partial charge is 0.387 e. The summed E-state index contributed by atoms with van der Waals surface area (Å²) in [5.74, 6) is 0.636. The molecule has 4 rings (SSSR count). The van der Waals surface area contributed by atoms with Gasteiger partial charge in [0.1, 0.15) is 23.6 Å². The summed E-state index contributed by atoms with van der Waals surface area (Å²) < 4.78 is 44.4. The minimum Gasteiger partial charge on any atom is -0.464 e. The molecular weight excluding hydrogens is 442 g/mol. The van der Waals surface area contributed by atoms with Crippen molar-refractivity contribution in [2.24, 2.45) is 0 Å². The van der Waals surface area contributed by atoms with Crippen molar-refractivity contribution in [3.05, 3.63) is 48.0 Å². The van der Waals surface area contributed by atoms with Crippen LogP contribution in [0.1, 0.15) is 23.1 Å². The van der Waals surface area contributed by atoms with Crippen molar-refractivity contribution in [3.8, 4) is 17.1 Å². The first-order chi connectivity index (χ1) is 15.5. The third-order valence-electron chi connectivity index (χ3n) is 5.04. The zero-order chi connectivity index (χ0) is 22.5. The molecule has 11 heteroatoms. The van der Waals surface area contributed by atoms with Crippen LogP contribution in [-0.2, 0) is 11.2 Å². The molecular formula is C21H22F2N4O4S. The van der Waals surface area contributed by atoms with Gasteiger partial charge in [0, 0.05) is 42.6 Å². The standard InChI is InChI=1S/C21H22F2N4O4S/c1-13(27-5-7-29-8-6-27)9-18-24-21(32-26-18)25-19(28)15-11-17(30-12-15)14-3-2-4-16(10-14)31-20(22)23/h2-4,10-13,20H,5-9H2,1H3,(H,24,25,26,28). The van der Waals surface area contributed by atoms with E-state index in [-0.39, 0.29) is 17.4 Å². The van der Waals surface area contributed by atoms with Gasteiger partial charge in [-0.2, -0.15) is 13.2 Å². The number of morpholine rings is 1. The molecule has 1 unspecified atom stereocenters. The number of halogens is 2. The lowest BCUT2D eigenvalue weighted by atomic mass is 10.1. The number of aromatic nitrogens is 2. The molecule has 1 aliphatic heterocycles. The van der Waals surface area contributed by atoms with Crippen LogP contribution in [0.15, 0.2) is 41.0 Å². The molecule has 3 aromatic rings. The van der Waals surface area contributed by atoms with Crippen LogP contribution < -0.4 is 10.1 Å². The zero-order valence-corrected chi connectivity index (χ0v) is 18.1. The maximum atomic E-state index is 12.6. The van der Waals surface area contributed by atoms with Crippen molar-refractivity contribution in [1.29, 1.82) is 0 Å². The minimum absolute atomic E-state index is 0.00704. The number of furan rings is 1. The number of nitrogens with zero attached hydrogens (tertiary/aromatic N) is 3. The number of rotatable bonds is 8. The number of hydrogen-bond donors (Lipinski definition) is 1. The number of benzene rings is 1. The number of hydrogen-bond acceptors (Lipinski definition) is 8. The highest BCUT2D eigenvalue weighted by Crippen LogP contribution is 2.27. The van der Waals surface area contributed by atoms with Crippen LogP contribution in [0.5, 0.6) is 5.75 Å². The maximum Gasteiger partial charge on any atom is 0.387 e. The molecule has 1 aromatic carbocycles.